The first kappa shape index (κ1) is 8.45. The highest BCUT2D eigenvalue weighted by molar-refractivity contribution is 7.98. The Bertz CT molecular complexity index is 303. The highest BCUT2D eigenvalue weighted by Crippen LogP contribution is 2.25. The molecule has 0 fully saturated rings. The summed E-state index contributed by atoms with van der Waals surface area (Å²) in [5.41, 5.74) is 0.652. The van der Waals surface area contributed by atoms with Crippen molar-refractivity contribution >= 4 is 23.4 Å². The van der Waals surface area contributed by atoms with Gasteiger partial charge in [0.2, 0.25) is 0 Å². The average Bonchev–Trinajstić information content (AvgIpc) is 2.05. The molecule has 0 aromatic heterocycles. The fourth-order valence-electron chi connectivity index (χ4n) is 0.729. The number of hydrogen-bond donors (Lipinski definition) is 0. The highest BCUT2D eigenvalue weighted by atomic mass is 35.5. The minimum atomic E-state index is 0.652. The number of hydrogen-bond acceptors (Lipinski definition) is 2. The Hall–Kier alpha value is -0.650. The van der Waals surface area contributed by atoms with Gasteiger partial charge in [-0.2, -0.15) is 5.26 Å². The van der Waals surface area contributed by atoms with Gasteiger partial charge in [-0.05, 0) is 24.5 Å². The molecule has 0 atom stereocenters. The molecule has 11 heavy (non-hydrogen) atoms. The lowest BCUT2D eigenvalue weighted by atomic mass is 10.2. The highest BCUT2D eigenvalue weighted by Gasteiger charge is 1.98. The van der Waals surface area contributed by atoms with E-state index >= 15 is 0 Å². The first-order valence-corrected chi connectivity index (χ1v) is 4.62. The van der Waals surface area contributed by atoms with Gasteiger partial charge in [0, 0.05) is 4.90 Å². The van der Waals surface area contributed by atoms with Crippen LogP contribution in [0.1, 0.15) is 5.56 Å². The lowest BCUT2D eigenvalue weighted by Crippen LogP contribution is -1.76. The molecule has 0 aliphatic carbocycles. The molecule has 0 spiro atoms. The summed E-state index contributed by atoms with van der Waals surface area (Å²) in [5.74, 6) is 0. The first-order valence-electron chi connectivity index (χ1n) is 3.01. The van der Waals surface area contributed by atoms with Crippen molar-refractivity contribution in [1.82, 2.24) is 0 Å². The number of rotatable bonds is 1. The van der Waals surface area contributed by atoms with Crippen LogP contribution in [-0.4, -0.2) is 6.26 Å². The molecule has 0 saturated heterocycles. The third kappa shape index (κ3) is 1.89. The van der Waals surface area contributed by atoms with Crippen LogP contribution in [0.2, 0.25) is 5.02 Å². The van der Waals surface area contributed by atoms with Gasteiger partial charge in [-0.1, -0.05) is 11.6 Å². The van der Waals surface area contributed by atoms with E-state index in [0.717, 1.165) is 4.90 Å². The molecule has 0 radical (unpaired) electrons. The zero-order chi connectivity index (χ0) is 8.27. The van der Waals surface area contributed by atoms with Crippen molar-refractivity contribution in [3.8, 4) is 6.07 Å². The van der Waals surface area contributed by atoms with E-state index in [4.69, 9.17) is 16.9 Å². The summed E-state index contributed by atoms with van der Waals surface area (Å²) in [6.45, 7) is 0. The standard InChI is InChI=1S/C8H6ClNS/c1-11-8-4-6(5-10)2-3-7(8)9/h2-4H,1H3. The Balaban J connectivity index is 3.15. The minimum absolute atomic E-state index is 0.652. The lowest BCUT2D eigenvalue weighted by molar-refractivity contribution is 1.41. The summed E-state index contributed by atoms with van der Waals surface area (Å²) in [6.07, 6.45) is 1.93. The van der Waals surface area contributed by atoms with Gasteiger partial charge >= 0.3 is 0 Å². The molecule has 0 aliphatic heterocycles. The second kappa shape index (κ2) is 3.66. The van der Waals surface area contributed by atoms with E-state index in [0.29, 0.717) is 10.6 Å². The van der Waals surface area contributed by atoms with Crippen molar-refractivity contribution in [2.45, 2.75) is 4.90 Å². The molecule has 0 unspecified atom stereocenters. The van der Waals surface area contributed by atoms with Gasteiger partial charge in [0.1, 0.15) is 0 Å². The molecular formula is C8H6ClNS. The fraction of sp³-hybridized carbons (Fsp3) is 0.125. The van der Waals surface area contributed by atoms with Crippen molar-refractivity contribution in [3.05, 3.63) is 28.8 Å². The van der Waals surface area contributed by atoms with Crippen LogP contribution in [0.4, 0.5) is 0 Å². The first-order chi connectivity index (χ1) is 5.27. The molecule has 3 heteroatoms. The predicted octanol–water partition coefficient (Wildman–Crippen LogP) is 2.93. The third-order valence-electron chi connectivity index (χ3n) is 1.28. The largest absolute Gasteiger partial charge is 0.192 e. The van der Waals surface area contributed by atoms with E-state index in [1.807, 2.05) is 6.26 Å². The number of thioether (sulfide) groups is 1. The van der Waals surface area contributed by atoms with E-state index in [2.05, 4.69) is 6.07 Å². The number of benzene rings is 1. The van der Waals surface area contributed by atoms with Gasteiger partial charge in [0.05, 0.1) is 16.7 Å². The third-order valence-corrected chi connectivity index (χ3v) is 2.50. The van der Waals surface area contributed by atoms with Crippen molar-refractivity contribution in [2.24, 2.45) is 0 Å². The van der Waals surface area contributed by atoms with Gasteiger partial charge < -0.3 is 0 Å². The maximum atomic E-state index is 8.55. The fourth-order valence-corrected chi connectivity index (χ4v) is 1.59. The molecule has 0 saturated carbocycles. The summed E-state index contributed by atoms with van der Waals surface area (Å²) >= 11 is 7.36. The van der Waals surface area contributed by atoms with Crippen LogP contribution in [0.15, 0.2) is 23.1 Å². The Labute approximate surface area is 75.0 Å². The van der Waals surface area contributed by atoms with Crippen LogP contribution in [0.25, 0.3) is 0 Å². The molecule has 0 bridgehead atoms. The minimum Gasteiger partial charge on any atom is -0.192 e. The normalized spacial score (nSPS) is 9.18. The number of nitriles is 1. The predicted molar refractivity (Wildman–Crippen MR) is 47.9 cm³/mol. The van der Waals surface area contributed by atoms with E-state index in [-0.39, 0.29) is 0 Å². The SMILES string of the molecule is CSc1cc(C#N)ccc1Cl. The Morgan fingerprint density at radius 1 is 1.55 bits per heavy atom. The average molecular weight is 184 g/mol. The maximum Gasteiger partial charge on any atom is 0.0992 e. The molecule has 0 aliphatic rings. The zero-order valence-electron chi connectivity index (χ0n) is 5.97. The summed E-state index contributed by atoms with van der Waals surface area (Å²) in [6, 6.07) is 7.29. The van der Waals surface area contributed by atoms with Crippen LogP contribution in [0.3, 0.4) is 0 Å². The van der Waals surface area contributed by atoms with E-state index in [1.54, 1.807) is 30.0 Å². The van der Waals surface area contributed by atoms with E-state index in [1.165, 1.54) is 0 Å². The van der Waals surface area contributed by atoms with Crippen molar-refractivity contribution in [1.29, 1.82) is 5.26 Å². The second-order valence-electron chi connectivity index (χ2n) is 1.96. The summed E-state index contributed by atoms with van der Waals surface area (Å²) < 4.78 is 0. The molecule has 1 aromatic rings. The van der Waals surface area contributed by atoms with Crippen LogP contribution in [0.5, 0.6) is 0 Å². The van der Waals surface area contributed by atoms with Crippen LogP contribution >= 0.6 is 23.4 Å². The van der Waals surface area contributed by atoms with Crippen LogP contribution in [0, 0.1) is 11.3 Å². The van der Waals surface area contributed by atoms with Crippen molar-refractivity contribution in [2.75, 3.05) is 6.26 Å². The summed E-state index contributed by atoms with van der Waals surface area (Å²) in [5, 5.41) is 9.25. The molecular weight excluding hydrogens is 178 g/mol. The second-order valence-corrected chi connectivity index (χ2v) is 3.22. The summed E-state index contributed by atoms with van der Waals surface area (Å²) in [7, 11) is 0. The molecule has 0 heterocycles. The van der Waals surface area contributed by atoms with Crippen LogP contribution < -0.4 is 0 Å². The van der Waals surface area contributed by atoms with E-state index in [9.17, 15) is 0 Å². The molecule has 0 amide bonds. The molecule has 1 aromatic carbocycles. The topological polar surface area (TPSA) is 23.8 Å². The van der Waals surface area contributed by atoms with Crippen LogP contribution in [-0.2, 0) is 0 Å². The van der Waals surface area contributed by atoms with E-state index < -0.39 is 0 Å². The van der Waals surface area contributed by atoms with Crippen molar-refractivity contribution < 1.29 is 0 Å². The monoisotopic (exact) mass is 183 g/mol. The number of nitrogens with zero attached hydrogens (tertiary/aromatic N) is 1. The van der Waals surface area contributed by atoms with Gasteiger partial charge in [-0.15, -0.1) is 11.8 Å². The molecule has 1 nitrogen and oxygen atoms in total. The molecule has 0 N–H and O–H groups in total. The van der Waals surface area contributed by atoms with Gasteiger partial charge in [-0.25, -0.2) is 0 Å². The summed E-state index contributed by atoms with van der Waals surface area (Å²) in [4.78, 5) is 0.950. The maximum absolute atomic E-state index is 8.55. The lowest BCUT2D eigenvalue weighted by Gasteiger charge is -1.98. The van der Waals surface area contributed by atoms with Crippen molar-refractivity contribution in [3.63, 3.8) is 0 Å². The molecule has 56 valence electrons. The van der Waals surface area contributed by atoms with Gasteiger partial charge in [-0.3, -0.25) is 0 Å². The van der Waals surface area contributed by atoms with Gasteiger partial charge in [0.15, 0.2) is 0 Å². The Kier molecular flexibility index (Phi) is 2.81. The quantitative estimate of drug-likeness (QED) is 0.626. The number of halogens is 1. The zero-order valence-corrected chi connectivity index (χ0v) is 7.54. The Morgan fingerprint density at radius 3 is 2.82 bits per heavy atom. The Morgan fingerprint density at radius 2 is 2.27 bits per heavy atom. The smallest absolute Gasteiger partial charge is 0.0992 e. The van der Waals surface area contributed by atoms with Gasteiger partial charge in [0.25, 0.3) is 0 Å². The molecule has 1 rings (SSSR count).